The molecule has 0 atom stereocenters. The number of rotatable bonds is 4. The van der Waals surface area contributed by atoms with Crippen LogP contribution in [0.5, 0.6) is 0 Å². The molecule has 3 aromatic rings. The summed E-state index contributed by atoms with van der Waals surface area (Å²) in [4.78, 5) is 16.6. The Labute approximate surface area is 204 Å². The number of fused-ring (bicyclic) bond motifs is 2. The maximum atomic E-state index is 13.7. The van der Waals surface area contributed by atoms with E-state index in [0.29, 0.717) is 41.2 Å². The molecule has 3 aromatic carbocycles. The maximum absolute atomic E-state index is 13.7. The predicted octanol–water partition coefficient (Wildman–Crippen LogP) is 4.87. The highest BCUT2D eigenvalue weighted by molar-refractivity contribution is 7.89. The molecule has 0 N–H and O–H groups in total. The Hall–Kier alpha value is -2.81. The van der Waals surface area contributed by atoms with Crippen LogP contribution >= 0.6 is 11.6 Å². The summed E-state index contributed by atoms with van der Waals surface area (Å²) in [6.45, 7) is 0.835. The second kappa shape index (κ2) is 8.76. The number of ether oxygens (including phenoxy) is 1. The number of carbonyl (C=O) groups is 1. The summed E-state index contributed by atoms with van der Waals surface area (Å²) in [5, 5.41) is 2.20. The zero-order valence-corrected chi connectivity index (χ0v) is 20.6. The molecule has 7 nitrogen and oxygen atoms in total. The fourth-order valence-corrected chi connectivity index (χ4v) is 6.79. The molecule has 2 heterocycles. The lowest BCUT2D eigenvalue weighted by atomic mass is 10.0. The van der Waals surface area contributed by atoms with Crippen LogP contribution in [0.3, 0.4) is 0 Å². The lowest BCUT2D eigenvalue weighted by Gasteiger charge is -2.39. The minimum absolute atomic E-state index is 0.146. The average molecular weight is 500 g/mol. The third-order valence-electron chi connectivity index (χ3n) is 6.60. The fraction of sp³-hybridized carbons (Fsp3) is 0.320. The van der Waals surface area contributed by atoms with Crippen molar-refractivity contribution in [2.45, 2.75) is 30.4 Å². The van der Waals surface area contributed by atoms with Crippen molar-refractivity contribution in [3.8, 4) is 0 Å². The zero-order valence-electron chi connectivity index (χ0n) is 19.1. The fourth-order valence-electron chi connectivity index (χ4n) is 4.92. The van der Waals surface area contributed by atoms with Crippen molar-refractivity contribution < 1.29 is 17.9 Å². The molecule has 0 unspecified atom stereocenters. The summed E-state index contributed by atoms with van der Waals surface area (Å²) in [5.41, 5.74) is 2.61. The van der Waals surface area contributed by atoms with Crippen molar-refractivity contribution in [2.75, 3.05) is 37.0 Å². The van der Waals surface area contributed by atoms with E-state index < -0.39 is 16.1 Å². The van der Waals surface area contributed by atoms with Gasteiger partial charge in [-0.05, 0) is 43.2 Å². The number of hydrogen-bond donors (Lipinski definition) is 0. The smallest absolute Gasteiger partial charge is 0.414 e. The number of anilines is 2. The molecule has 2 aliphatic rings. The molecule has 34 heavy (non-hydrogen) atoms. The Kier molecular flexibility index (Phi) is 5.91. The van der Waals surface area contributed by atoms with Crippen molar-refractivity contribution in [2.24, 2.45) is 0 Å². The van der Waals surface area contributed by atoms with Gasteiger partial charge in [0, 0.05) is 60.3 Å². The predicted molar refractivity (Wildman–Crippen MR) is 134 cm³/mol. The highest BCUT2D eigenvalue weighted by Gasteiger charge is 2.37. The van der Waals surface area contributed by atoms with Crippen LogP contribution in [0.4, 0.5) is 16.2 Å². The monoisotopic (exact) mass is 499 g/mol. The molecule has 0 aliphatic carbocycles. The highest BCUT2D eigenvalue weighted by Crippen LogP contribution is 2.36. The first-order valence-corrected chi connectivity index (χ1v) is 13.0. The summed E-state index contributed by atoms with van der Waals surface area (Å²) >= 11 is 6.11. The van der Waals surface area contributed by atoms with Gasteiger partial charge in [-0.15, -0.1) is 0 Å². The standard InChI is InChI=1S/C25H26ClN3O4S/c1-27(2)23-7-3-6-21-20(23)5-4-8-24(21)34(31,32)28-13-11-19(12-14-28)29-22-10-9-18(26)15-17(22)16-33-25(29)30/h3-10,15,19H,11-14,16H2,1-2H3. The van der Waals surface area contributed by atoms with E-state index in [-0.39, 0.29) is 12.6 Å². The second-order valence-electron chi connectivity index (χ2n) is 8.86. The first-order chi connectivity index (χ1) is 16.3. The van der Waals surface area contributed by atoms with Crippen LogP contribution in [0, 0.1) is 0 Å². The molecule has 0 bridgehead atoms. The minimum atomic E-state index is -3.70. The summed E-state index contributed by atoms with van der Waals surface area (Å²) in [7, 11) is 0.184. The molecule has 0 saturated carbocycles. The molecular weight excluding hydrogens is 474 g/mol. The van der Waals surface area contributed by atoms with Crippen molar-refractivity contribution in [1.29, 1.82) is 0 Å². The molecule has 1 saturated heterocycles. The van der Waals surface area contributed by atoms with Gasteiger partial charge in [0.25, 0.3) is 0 Å². The summed E-state index contributed by atoms with van der Waals surface area (Å²) in [6, 6.07) is 16.4. The van der Waals surface area contributed by atoms with E-state index in [1.54, 1.807) is 29.2 Å². The molecule has 5 rings (SSSR count). The molecule has 178 valence electrons. The van der Waals surface area contributed by atoms with Gasteiger partial charge in [-0.1, -0.05) is 35.9 Å². The summed E-state index contributed by atoms with van der Waals surface area (Å²) in [5.74, 6) is 0. The molecule has 0 aromatic heterocycles. The summed E-state index contributed by atoms with van der Waals surface area (Å²) in [6.07, 6.45) is 0.634. The molecular formula is C25H26ClN3O4S. The van der Waals surface area contributed by atoms with Crippen molar-refractivity contribution in [3.05, 3.63) is 65.2 Å². The lowest BCUT2D eigenvalue weighted by molar-refractivity contribution is 0.136. The van der Waals surface area contributed by atoms with Crippen molar-refractivity contribution >= 4 is 49.9 Å². The van der Waals surface area contributed by atoms with E-state index in [1.807, 2.05) is 49.3 Å². The van der Waals surface area contributed by atoms with Crippen molar-refractivity contribution in [3.63, 3.8) is 0 Å². The Balaban J connectivity index is 1.41. The van der Waals surface area contributed by atoms with E-state index in [0.717, 1.165) is 22.3 Å². The quantitative estimate of drug-likeness (QED) is 0.512. The van der Waals surface area contributed by atoms with Crippen LogP contribution in [0.2, 0.25) is 5.02 Å². The second-order valence-corrected chi connectivity index (χ2v) is 11.2. The number of carbonyl (C=O) groups excluding carboxylic acids is 1. The van der Waals surface area contributed by atoms with Gasteiger partial charge < -0.3 is 9.64 Å². The Bertz CT molecular complexity index is 1370. The number of nitrogens with zero attached hydrogens (tertiary/aromatic N) is 3. The van der Waals surface area contributed by atoms with E-state index in [9.17, 15) is 13.2 Å². The van der Waals surface area contributed by atoms with Gasteiger partial charge in [-0.25, -0.2) is 13.2 Å². The topological polar surface area (TPSA) is 70.2 Å². The normalized spacial score (nSPS) is 17.5. The van der Waals surface area contributed by atoms with Gasteiger partial charge in [-0.2, -0.15) is 4.31 Å². The lowest BCUT2D eigenvalue weighted by Crippen LogP contribution is -2.50. The first kappa shape index (κ1) is 23.0. The van der Waals surface area contributed by atoms with Gasteiger partial charge in [0.1, 0.15) is 6.61 Å². The molecule has 9 heteroatoms. The van der Waals surface area contributed by atoms with Crippen LogP contribution in [-0.4, -0.2) is 52.0 Å². The number of amides is 1. The minimum Gasteiger partial charge on any atom is -0.444 e. The Morgan fingerprint density at radius 2 is 1.71 bits per heavy atom. The Morgan fingerprint density at radius 3 is 2.44 bits per heavy atom. The number of benzene rings is 3. The van der Waals surface area contributed by atoms with Crippen LogP contribution in [0.25, 0.3) is 10.8 Å². The van der Waals surface area contributed by atoms with Gasteiger partial charge >= 0.3 is 6.09 Å². The van der Waals surface area contributed by atoms with E-state index in [2.05, 4.69) is 0 Å². The number of sulfonamides is 1. The van der Waals surface area contributed by atoms with Crippen LogP contribution < -0.4 is 9.80 Å². The SMILES string of the molecule is CN(C)c1cccc2c(S(=O)(=O)N3CCC(N4C(=O)OCc5cc(Cl)ccc54)CC3)cccc12. The molecule has 1 fully saturated rings. The van der Waals surface area contributed by atoms with Crippen LogP contribution in [-0.2, 0) is 21.4 Å². The molecule has 1 amide bonds. The Morgan fingerprint density at radius 1 is 1.00 bits per heavy atom. The average Bonchev–Trinajstić information content (AvgIpc) is 2.83. The third-order valence-corrected chi connectivity index (χ3v) is 8.79. The van der Waals surface area contributed by atoms with Gasteiger partial charge in [0.05, 0.1) is 10.6 Å². The highest BCUT2D eigenvalue weighted by atomic mass is 35.5. The molecule has 0 radical (unpaired) electrons. The largest absolute Gasteiger partial charge is 0.444 e. The summed E-state index contributed by atoms with van der Waals surface area (Å²) < 4.78 is 34.2. The van der Waals surface area contributed by atoms with E-state index >= 15 is 0 Å². The number of halogens is 1. The zero-order chi connectivity index (χ0) is 24.0. The van der Waals surface area contributed by atoms with Crippen LogP contribution in [0.15, 0.2) is 59.5 Å². The van der Waals surface area contributed by atoms with Gasteiger partial charge in [0.15, 0.2) is 0 Å². The molecule has 2 aliphatic heterocycles. The van der Waals surface area contributed by atoms with Crippen LogP contribution in [0.1, 0.15) is 18.4 Å². The van der Waals surface area contributed by atoms with E-state index in [4.69, 9.17) is 16.3 Å². The number of cyclic esters (lactones) is 1. The van der Waals surface area contributed by atoms with Crippen molar-refractivity contribution in [1.82, 2.24) is 4.31 Å². The molecule has 0 spiro atoms. The van der Waals surface area contributed by atoms with E-state index in [1.165, 1.54) is 4.31 Å². The third kappa shape index (κ3) is 3.89. The number of piperidine rings is 1. The van der Waals surface area contributed by atoms with Gasteiger partial charge in [-0.3, -0.25) is 4.90 Å². The number of hydrogen-bond acceptors (Lipinski definition) is 5. The maximum Gasteiger partial charge on any atom is 0.414 e. The first-order valence-electron chi connectivity index (χ1n) is 11.2. The van der Waals surface area contributed by atoms with Gasteiger partial charge in [0.2, 0.25) is 10.0 Å².